The Kier molecular flexibility index (Phi) is 20.0. The molecule has 0 radical (unpaired) electrons. The molecule has 3 rings (SSSR count). The molecule has 7 nitrogen and oxygen atoms in total. The lowest BCUT2D eigenvalue weighted by atomic mass is 10.1. The summed E-state index contributed by atoms with van der Waals surface area (Å²) in [5.74, 6) is 6.38. The van der Waals surface area contributed by atoms with Crippen molar-refractivity contribution in [1.82, 2.24) is 9.71 Å². The zero-order chi connectivity index (χ0) is 28.1. The van der Waals surface area contributed by atoms with E-state index >= 15 is 0 Å². The fraction of sp³-hybridized carbons (Fsp3) is 0.393. The van der Waals surface area contributed by atoms with Gasteiger partial charge in [-0.25, -0.2) is 4.98 Å². The first kappa shape index (κ1) is 34.4. The van der Waals surface area contributed by atoms with Crippen molar-refractivity contribution in [2.75, 3.05) is 30.9 Å². The van der Waals surface area contributed by atoms with E-state index in [9.17, 15) is 5.11 Å². The van der Waals surface area contributed by atoms with Gasteiger partial charge in [-0.1, -0.05) is 81.0 Å². The van der Waals surface area contributed by atoms with E-state index in [1.54, 1.807) is 7.05 Å². The van der Waals surface area contributed by atoms with Gasteiger partial charge < -0.3 is 21.3 Å². The van der Waals surface area contributed by atoms with Crippen LogP contribution in [0.3, 0.4) is 0 Å². The molecule has 6 N–H and O–H groups in total. The Morgan fingerprint density at radius 3 is 2.30 bits per heavy atom. The van der Waals surface area contributed by atoms with Crippen LogP contribution in [0.4, 0.5) is 5.82 Å². The molecule has 2 aromatic carbocycles. The van der Waals surface area contributed by atoms with Gasteiger partial charge in [-0.3, -0.25) is 9.71 Å². The molecular formula is C28H45N5O2S2. The topological polar surface area (TPSA) is 116 Å². The van der Waals surface area contributed by atoms with Crippen molar-refractivity contribution < 1.29 is 10.2 Å². The highest BCUT2D eigenvalue weighted by atomic mass is 32.2. The standard InChI is InChI=1S/C14H19N5OS.C7H8O.C5H12S.C2H6/c1-4-18-21(3)9-5-6-10-11(7-9)13(17-8-12(10)20)19-14(15)16-2;8-6-7-4-2-1-3-5-7;1-3-4-5-6-2;1-2/h5-8,18,20H,3-4H2,1-2H3,(H3,15,16,17,19);1-5,8H,6H2;3-5H2,1-2H3;1-2H3. The van der Waals surface area contributed by atoms with Crippen LogP contribution in [0.2, 0.25) is 0 Å². The summed E-state index contributed by atoms with van der Waals surface area (Å²) < 4.78 is 3.28. The van der Waals surface area contributed by atoms with Crippen LogP contribution < -0.4 is 15.8 Å². The first-order valence-electron chi connectivity index (χ1n) is 12.4. The van der Waals surface area contributed by atoms with Crippen molar-refractivity contribution in [1.29, 1.82) is 0 Å². The summed E-state index contributed by atoms with van der Waals surface area (Å²) in [6.45, 7) is 9.23. The summed E-state index contributed by atoms with van der Waals surface area (Å²) in [5.41, 5.74) is 6.66. The Hall–Kier alpha value is -2.59. The number of unbranched alkanes of at least 4 members (excludes halogenated alkanes) is 1. The SMILES string of the molecule is C=S(NCC)c1ccc2c(O)cnc(NC(N)=NC)c2c1.CC.CCCCSC.OCc1ccccc1. The summed E-state index contributed by atoms with van der Waals surface area (Å²) in [6.07, 6.45) is 6.25. The number of hydrogen-bond acceptors (Lipinski definition) is 6. The van der Waals surface area contributed by atoms with E-state index in [0.29, 0.717) is 11.2 Å². The Labute approximate surface area is 230 Å². The number of aliphatic imine (C=N–C) groups is 1. The van der Waals surface area contributed by atoms with E-state index in [1.807, 2.05) is 81.1 Å². The molecule has 0 aliphatic heterocycles. The van der Waals surface area contributed by atoms with E-state index < -0.39 is 0 Å². The molecule has 0 aliphatic rings. The van der Waals surface area contributed by atoms with Gasteiger partial charge in [0, 0.05) is 29.3 Å². The van der Waals surface area contributed by atoms with E-state index in [0.717, 1.165) is 22.4 Å². The number of nitrogens with two attached hydrogens (primary N) is 1. The van der Waals surface area contributed by atoms with E-state index in [1.165, 1.54) is 24.8 Å². The van der Waals surface area contributed by atoms with E-state index in [-0.39, 0.29) is 29.0 Å². The van der Waals surface area contributed by atoms with Gasteiger partial charge in [-0.2, -0.15) is 11.8 Å². The van der Waals surface area contributed by atoms with Crippen LogP contribution in [-0.4, -0.2) is 52.6 Å². The van der Waals surface area contributed by atoms with Gasteiger partial charge in [0.15, 0.2) is 5.96 Å². The Bertz CT molecular complexity index is 1060. The Morgan fingerprint density at radius 1 is 1.14 bits per heavy atom. The molecule has 0 aliphatic carbocycles. The highest BCUT2D eigenvalue weighted by Gasteiger charge is 2.09. The molecule has 0 fully saturated rings. The van der Waals surface area contributed by atoms with Gasteiger partial charge in [-0.15, -0.1) is 0 Å². The zero-order valence-electron chi connectivity index (χ0n) is 23.1. The van der Waals surface area contributed by atoms with Crippen LogP contribution in [0.5, 0.6) is 5.75 Å². The monoisotopic (exact) mass is 547 g/mol. The number of aliphatic hydroxyl groups is 1. The largest absolute Gasteiger partial charge is 0.506 e. The predicted molar refractivity (Wildman–Crippen MR) is 168 cm³/mol. The molecule has 9 heteroatoms. The number of aromatic nitrogens is 1. The molecule has 1 atom stereocenters. The summed E-state index contributed by atoms with van der Waals surface area (Å²) in [6, 6.07) is 15.3. The number of fused-ring (bicyclic) bond motifs is 1. The van der Waals surface area contributed by atoms with Crippen LogP contribution in [0.15, 0.2) is 64.6 Å². The normalized spacial score (nSPS) is 11.2. The maximum absolute atomic E-state index is 9.94. The summed E-state index contributed by atoms with van der Waals surface area (Å²) in [5, 5.41) is 22.9. The zero-order valence-corrected chi connectivity index (χ0v) is 24.8. The van der Waals surface area contributed by atoms with Crippen LogP contribution in [0.1, 0.15) is 46.1 Å². The van der Waals surface area contributed by atoms with Crippen molar-refractivity contribution >= 4 is 50.9 Å². The van der Waals surface area contributed by atoms with E-state index in [2.05, 4.69) is 39.1 Å². The van der Waals surface area contributed by atoms with E-state index in [4.69, 9.17) is 10.8 Å². The third kappa shape index (κ3) is 13.5. The van der Waals surface area contributed by atoms with Gasteiger partial charge in [0.2, 0.25) is 0 Å². The van der Waals surface area contributed by atoms with Crippen LogP contribution >= 0.6 is 22.4 Å². The molecule has 0 spiro atoms. The number of anilines is 1. The molecule has 37 heavy (non-hydrogen) atoms. The average molecular weight is 548 g/mol. The molecular weight excluding hydrogens is 502 g/mol. The maximum atomic E-state index is 9.94. The second-order valence-corrected chi connectivity index (χ2v) is 9.84. The fourth-order valence-electron chi connectivity index (χ4n) is 2.77. The molecule has 1 heterocycles. The minimum atomic E-state index is -0.317. The van der Waals surface area contributed by atoms with Gasteiger partial charge >= 0.3 is 0 Å². The second-order valence-electron chi connectivity index (χ2n) is 7.31. The molecule has 1 aromatic heterocycles. The summed E-state index contributed by atoms with van der Waals surface area (Å²) in [4.78, 5) is 9.07. The van der Waals surface area contributed by atoms with Crippen LogP contribution in [-0.2, 0) is 6.61 Å². The van der Waals surface area contributed by atoms with Crippen molar-refractivity contribution in [3.05, 3.63) is 60.3 Å². The van der Waals surface area contributed by atoms with Crippen LogP contribution in [0, 0.1) is 0 Å². The Morgan fingerprint density at radius 2 is 1.81 bits per heavy atom. The number of aromatic hydroxyl groups is 1. The number of thioether (sulfide) groups is 1. The average Bonchev–Trinajstić information content (AvgIpc) is 2.95. The number of pyridine rings is 1. The number of hydrogen-bond donors (Lipinski definition) is 5. The van der Waals surface area contributed by atoms with Crippen molar-refractivity contribution in [3.8, 4) is 5.75 Å². The molecule has 0 amide bonds. The maximum Gasteiger partial charge on any atom is 0.194 e. The fourth-order valence-corrected chi connectivity index (χ4v) is 4.35. The smallest absolute Gasteiger partial charge is 0.194 e. The van der Waals surface area contributed by atoms with Crippen LogP contribution in [0.25, 0.3) is 10.8 Å². The summed E-state index contributed by atoms with van der Waals surface area (Å²) in [7, 11) is 1.27. The number of rotatable bonds is 8. The molecule has 3 aromatic rings. The lowest BCUT2D eigenvalue weighted by molar-refractivity contribution is 0.282. The van der Waals surface area contributed by atoms with Gasteiger partial charge in [0.25, 0.3) is 0 Å². The minimum absolute atomic E-state index is 0.126. The third-order valence-corrected chi connectivity index (χ3v) is 6.81. The molecule has 0 bridgehead atoms. The molecule has 0 saturated heterocycles. The van der Waals surface area contributed by atoms with Crippen molar-refractivity contribution in [3.63, 3.8) is 0 Å². The number of nitrogens with zero attached hydrogens (tertiary/aromatic N) is 2. The number of aliphatic hydroxyl groups excluding tert-OH is 1. The van der Waals surface area contributed by atoms with Crippen molar-refractivity contribution in [2.24, 2.45) is 10.7 Å². The van der Waals surface area contributed by atoms with Gasteiger partial charge in [0.1, 0.15) is 11.6 Å². The second kappa shape index (κ2) is 21.5. The Balaban J connectivity index is 0.000000663. The third-order valence-electron chi connectivity index (χ3n) is 4.66. The first-order chi connectivity index (χ1) is 17.9. The number of benzene rings is 2. The lowest BCUT2D eigenvalue weighted by Gasteiger charge is -2.12. The molecule has 1 unspecified atom stereocenters. The molecule has 206 valence electrons. The van der Waals surface area contributed by atoms with Gasteiger partial charge in [0.05, 0.1) is 12.8 Å². The minimum Gasteiger partial charge on any atom is -0.506 e. The quantitative estimate of drug-likeness (QED) is 0.0981. The first-order valence-corrected chi connectivity index (χ1v) is 15.2. The van der Waals surface area contributed by atoms with Gasteiger partial charge in [-0.05, 0) is 42.2 Å². The van der Waals surface area contributed by atoms with Crippen molar-refractivity contribution in [2.45, 2.75) is 52.0 Å². The highest BCUT2D eigenvalue weighted by molar-refractivity contribution is 8.12. The number of nitrogens with one attached hydrogen (secondary N) is 2. The summed E-state index contributed by atoms with van der Waals surface area (Å²) >= 11 is 1.93. The molecule has 0 saturated carbocycles. The predicted octanol–water partition coefficient (Wildman–Crippen LogP) is 6.24. The number of guanidine groups is 1. The lowest BCUT2D eigenvalue weighted by Crippen LogP contribution is -2.22. The highest BCUT2D eigenvalue weighted by Crippen LogP contribution is 2.33.